The number of nitrogens with zero attached hydrogens (tertiary/aromatic N) is 3. The number of thiophene rings is 1. The lowest BCUT2D eigenvalue weighted by Gasteiger charge is -2.16. The van der Waals surface area contributed by atoms with Gasteiger partial charge in [0.25, 0.3) is 0 Å². The fourth-order valence-corrected chi connectivity index (χ4v) is 3.03. The van der Waals surface area contributed by atoms with Crippen molar-refractivity contribution in [2.75, 3.05) is 7.05 Å². The SMILES string of the molecule is CN(Cc1ccc(F)cc1)Cn1[nH]c(-c2cccs2)nc1=S. The standard InChI is InChI=1S/C15H15FN4S2/c1-19(9-11-4-6-12(16)7-5-11)10-20-15(21)17-14(18-20)13-3-2-8-22-13/h2-8H,9-10H2,1H3,(H,17,18,21). The Kier molecular flexibility index (Phi) is 4.47. The Labute approximate surface area is 136 Å². The molecule has 0 bridgehead atoms. The summed E-state index contributed by atoms with van der Waals surface area (Å²) in [5, 5.41) is 5.23. The number of benzene rings is 1. The number of aromatic amines is 1. The Morgan fingerprint density at radius 1 is 1.32 bits per heavy atom. The van der Waals surface area contributed by atoms with E-state index in [0.29, 0.717) is 18.0 Å². The van der Waals surface area contributed by atoms with Gasteiger partial charge in [-0.15, -0.1) is 11.3 Å². The summed E-state index contributed by atoms with van der Waals surface area (Å²) in [6.07, 6.45) is 0. The molecule has 0 unspecified atom stereocenters. The van der Waals surface area contributed by atoms with Crippen LogP contribution in [0, 0.1) is 10.6 Å². The van der Waals surface area contributed by atoms with E-state index >= 15 is 0 Å². The van der Waals surface area contributed by atoms with E-state index in [2.05, 4.69) is 15.0 Å². The van der Waals surface area contributed by atoms with Gasteiger partial charge in [0.15, 0.2) is 5.82 Å². The van der Waals surface area contributed by atoms with Gasteiger partial charge in [0.05, 0.1) is 11.5 Å². The molecule has 0 saturated carbocycles. The van der Waals surface area contributed by atoms with Crippen LogP contribution in [0.1, 0.15) is 5.56 Å². The van der Waals surface area contributed by atoms with Gasteiger partial charge in [0.1, 0.15) is 5.82 Å². The maximum absolute atomic E-state index is 12.9. The maximum Gasteiger partial charge on any atom is 0.217 e. The highest BCUT2D eigenvalue weighted by atomic mass is 32.1. The smallest absolute Gasteiger partial charge is 0.217 e. The van der Waals surface area contributed by atoms with Gasteiger partial charge in [-0.1, -0.05) is 18.2 Å². The van der Waals surface area contributed by atoms with Crippen molar-refractivity contribution in [2.24, 2.45) is 0 Å². The van der Waals surface area contributed by atoms with Crippen molar-refractivity contribution in [3.8, 4) is 10.7 Å². The van der Waals surface area contributed by atoms with E-state index in [9.17, 15) is 4.39 Å². The summed E-state index contributed by atoms with van der Waals surface area (Å²) in [5.74, 6) is 0.568. The van der Waals surface area contributed by atoms with Gasteiger partial charge >= 0.3 is 0 Å². The number of hydrogen-bond acceptors (Lipinski definition) is 4. The lowest BCUT2D eigenvalue weighted by molar-refractivity contribution is 0.244. The average molecular weight is 334 g/mol. The van der Waals surface area contributed by atoms with Crippen molar-refractivity contribution in [1.82, 2.24) is 19.7 Å². The first-order valence-electron chi connectivity index (χ1n) is 6.75. The Hall–Kier alpha value is -1.83. The molecule has 0 aliphatic carbocycles. The third-order valence-electron chi connectivity index (χ3n) is 3.18. The summed E-state index contributed by atoms with van der Waals surface area (Å²) in [7, 11) is 1.98. The van der Waals surface area contributed by atoms with Crippen LogP contribution in [-0.2, 0) is 13.2 Å². The fraction of sp³-hybridized carbons (Fsp3) is 0.200. The minimum Gasteiger partial charge on any atom is -0.283 e. The van der Waals surface area contributed by atoms with Crippen LogP contribution >= 0.6 is 23.6 Å². The summed E-state index contributed by atoms with van der Waals surface area (Å²) in [4.78, 5) is 7.53. The quantitative estimate of drug-likeness (QED) is 0.719. The van der Waals surface area contributed by atoms with E-state index in [1.54, 1.807) is 23.5 Å². The molecule has 22 heavy (non-hydrogen) atoms. The van der Waals surface area contributed by atoms with Gasteiger partial charge in [-0.25, -0.2) is 9.07 Å². The van der Waals surface area contributed by atoms with Crippen molar-refractivity contribution < 1.29 is 4.39 Å². The van der Waals surface area contributed by atoms with E-state index in [0.717, 1.165) is 16.3 Å². The summed E-state index contributed by atoms with van der Waals surface area (Å²) in [6, 6.07) is 10.5. The number of H-pyrrole nitrogens is 1. The second kappa shape index (κ2) is 6.51. The topological polar surface area (TPSA) is 36.9 Å². The molecule has 3 rings (SSSR count). The first-order valence-corrected chi connectivity index (χ1v) is 8.04. The molecule has 0 saturated heterocycles. The van der Waals surface area contributed by atoms with E-state index in [1.165, 1.54) is 12.1 Å². The molecule has 0 amide bonds. The molecule has 0 radical (unpaired) electrons. The molecule has 7 heteroatoms. The van der Waals surface area contributed by atoms with Crippen molar-refractivity contribution in [2.45, 2.75) is 13.2 Å². The van der Waals surface area contributed by atoms with E-state index in [4.69, 9.17) is 12.2 Å². The van der Waals surface area contributed by atoms with Crippen LogP contribution in [0.25, 0.3) is 10.7 Å². The highest BCUT2D eigenvalue weighted by Crippen LogP contribution is 2.20. The van der Waals surface area contributed by atoms with Crippen LogP contribution in [-0.4, -0.2) is 26.7 Å². The van der Waals surface area contributed by atoms with Gasteiger partial charge < -0.3 is 0 Å². The third-order valence-corrected chi connectivity index (χ3v) is 4.37. The molecule has 1 aromatic carbocycles. The summed E-state index contributed by atoms with van der Waals surface area (Å²) < 4.78 is 15.3. The second-order valence-electron chi connectivity index (χ2n) is 5.04. The zero-order valence-corrected chi connectivity index (χ0v) is 13.6. The first kappa shape index (κ1) is 15.1. The number of nitrogens with one attached hydrogen (secondary N) is 1. The maximum atomic E-state index is 12.9. The number of hydrogen-bond donors (Lipinski definition) is 1. The van der Waals surface area contributed by atoms with Crippen molar-refractivity contribution >= 4 is 23.6 Å². The Bertz CT molecular complexity index is 790. The summed E-state index contributed by atoms with van der Waals surface area (Å²) >= 11 is 6.91. The Balaban J connectivity index is 1.70. The predicted molar refractivity (Wildman–Crippen MR) is 88.6 cm³/mol. The third kappa shape index (κ3) is 3.49. The van der Waals surface area contributed by atoms with Gasteiger partial charge in [-0.05, 0) is 48.4 Å². The summed E-state index contributed by atoms with van der Waals surface area (Å²) in [6.45, 7) is 1.30. The first-order chi connectivity index (χ1) is 10.6. The zero-order valence-electron chi connectivity index (χ0n) is 12.0. The molecule has 0 aliphatic rings. The molecule has 0 fully saturated rings. The van der Waals surface area contributed by atoms with E-state index in [1.807, 2.05) is 29.2 Å². The van der Waals surface area contributed by atoms with Gasteiger partial charge in [0, 0.05) is 6.54 Å². The monoisotopic (exact) mass is 334 g/mol. The van der Waals surface area contributed by atoms with Crippen molar-refractivity contribution in [3.05, 3.63) is 57.9 Å². The lowest BCUT2D eigenvalue weighted by atomic mass is 10.2. The Morgan fingerprint density at radius 3 is 2.77 bits per heavy atom. The number of halogens is 1. The molecular weight excluding hydrogens is 319 g/mol. The van der Waals surface area contributed by atoms with Crippen LogP contribution in [0.5, 0.6) is 0 Å². The molecule has 2 aromatic heterocycles. The molecule has 0 aliphatic heterocycles. The number of rotatable bonds is 5. The molecular formula is C15H15FN4S2. The van der Waals surface area contributed by atoms with E-state index < -0.39 is 0 Å². The number of aromatic nitrogens is 3. The normalized spacial score (nSPS) is 11.2. The zero-order chi connectivity index (χ0) is 15.5. The molecule has 1 N–H and O–H groups in total. The molecule has 0 atom stereocenters. The van der Waals surface area contributed by atoms with E-state index in [-0.39, 0.29) is 5.82 Å². The van der Waals surface area contributed by atoms with Crippen LogP contribution in [0.2, 0.25) is 0 Å². The molecule has 3 aromatic rings. The minimum absolute atomic E-state index is 0.220. The molecule has 114 valence electrons. The van der Waals surface area contributed by atoms with Crippen molar-refractivity contribution in [3.63, 3.8) is 0 Å². The minimum atomic E-state index is -0.220. The summed E-state index contributed by atoms with van der Waals surface area (Å²) in [5.41, 5.74) is 1.05. The lowest BCUT2D eigenvalue weighted by Crippen LogP contribution is -2.22. The molecule has 4 nitrogen and oxygen atoms in total. The van der Waals surface area contributed by atoms with Gasteiger partial charge in [-0.2, -0.15) is 4.98 Å². The van der Waals surface area contributed by atoms with Crippen LogP contribution in [0.4, 0.5) is 4.39 Å². The second-order valence-corrected chi connectivity index (χ2v) is 6.36. The van der Waals surface area contributed by atoms with Gasteiger partial charge in [-0.3, -0.25) is 10.00 Å². The highest BCUT2D eigenvalue weighted by Gasteiger charge is 2.08. The predicted octanol–water partition coefficient (Wildman–Crippen LogP) is 3.90. The van der Waals surface area contributed by atoms with Gasteiger partial charge in [0.2, 0.25) is 4.77 Å². The van der Waals surface area contributed by atoms with Crippen LogP contribution in [0.15, 0.2) is 41.8 Å². The van der Waals surface area contributed by atoms with Crippen LogP contribution in [0.3, 0.4) is 0 Å². The Morgan fingerprint density at radius 2 is 2.09 bits per heavy atom. The molecule has 0 spiro atoms. The van der Waals surface area contributed by atoms with Crippen molar-refractivity contribution in [1.29, 1.82) is 0 Å². The highest BCUT2D eigenvalue weighted by molar-refractivity contribution is 7.71. The average Bonchev–Trinajstić information content (AvgIpc) is 3.12. The van der Waals surface area contributed by atoms with Crippen LogP contribution < -0.4 is 0 Å². The molecule has 2 heterocycles. The largest absolute Gasteiger partial charge is 0.283 e. The fourth-order valence-electron chi connectivity index (χ4n) is 2.17.